The van der Waals surface area contributed by atoms with E-state index in [0.29, 0.717) is 5.56 Å². The normalized spacial score (nSPS) is 11.7. The number of hydrogen-bond acceptors (Lipinski definition) is 3. The van der Waals surface area contributed by atoms with Crippen LogP contribution in [0.4, 0.5) is 5.69 Å². The number of benzene rings is 2. The molecule has 0 saturated heterocycles. The summed E-state index contributed by atoms with van der Waals surface area (Å²) >= 11 is 3.31. The number of nitrogens with one attached hydrogen (secondary N) is 1. The zero-order valence-electron chi connectivity index (χ0n) is 13.9. The van der Waals surface area contributed by atoms with Gasteiger partial charge in [0.1, 0.15) is 0 Å². The molecule has 0 spiro atoms. The van der Waals surface area contributed by atoms with Crippen LogP contribution in [0.15, 0.2) is 46.9 Å². The summed E-state index contributed by atoms with van der Waals surface area (Å²) < 4.78 is 6.13. The van der Waals surface area contributed by atoms with Gasteiger partial charge >= 0.3 is 5.97 Å². The Hall–Kier alpha value is -2.14. The van der Waals surface area contributed by atoms with E-state index in [-0.39, 0.29) is 5.91 Å². The summed E-state index contributed by atoms with van der Waals surface area (Å²) in [6, 6.07) is 12.7. The molecule has 2 rings (SSSR count). The van der Waals surface area contributed by atoms with Crippen molar-refractivity contribution in [2.75, 3.05) is 5.32 Å². The fourth-order valence-corrected chi connectivity index (χ4v) is 2.56. The number of para-hydroxylation sites is 1. The van der Waals surface area contributed by atoms with Gasteiger partial charge in [0.25, 0.3) is 5.91 Å². The Labute approximate surface area is 150 Å². The maximum atomic E-state index is 12.4. The van der Waals surface area contributed by atoms with E-state index in [2.05, 4.69) is 21.2 Å². The minimum absolute atomic E-state index is 0.343. The van der Waals surface area contributed by atoms with Crippen LogP contribution in [-0.2, 0) is 16.0 Å². The van der Waals surface area contributed by atoms with Crippen molar-refractivity contribution in [3.8, 4) is 0 Å². The largest absolute Gasteiger partial charge is 0.449 e. The zero-order chi connectivity index (χ0) is 17.7. The molecule has 0 heterocycles. The Kier molecular flexibility index (Phi) is 6.15. The Bertz CT molecular complexity index is 741. The number of carbonyl (C=O) groups excluding carboxylic acids is 2. The maximum absolute atomic E-state index is 12.4. The lowest BCUT2D eigenvalue weighted by Crippen LogP contribution is -2.30. The van der Waals surface area contributed by atoms with E-state index in [1.807, 2.05) is 32.0 Å². The van der Waals surface area contributed by atoms with E-state index in [1.165, 1.54) is 0 Å². The van der Waals surface area contributed by atoms with Crippen LogP contribution in [0, 0.1) is 6.92 Å². The maximum Gasteiger partial charge on any atom is 0.338 e. The third-order valence-electron chi connectivity index (χ3n) is 3.72. The molecule has 2 aromatic rings. The summed E-state index contributed by atoms with van der Waals surface area (Å²) in [5.41, 5.74) is 3.23. The van der Waals surface area contributed by atoms with Crippen LogP contribution in [0.5, 0.6) is 0 Å². The minimum Gasteiger partial charge on any atom is -0.449 e. The van der Waals surface area contributed by atoms with Crippen molar-refractivity contribution in [2.45, 2.75) is 33.3 Å². The van der Waals surface area contributed by atoms with Gasteiger partial charge < -0.3 is 10.1 Å². The molecule has 1 unspecified atom stereocenters. The number of carbonyl (C=O) groups is 2. The molecule has 4 nitrogen and oxygen atoms in total. The predicted molar refractivity (Wildman–Crippen MR) is 98.2 cm³/mol. The molecule has 2 aromatic carbocycles. The van der Waals surface area contributed by atoms with E-state index in [1.54, 1.807) is 31.2 Å². The van der Waals surface area contributed by atoms with Crippen molar-refractivity contribution in [1.29, 1.82) is 0 Å². The number of aryl methyl sites for hydroxylation is 2. The monoisotopic (exact) mass is 389 g/mol. The van der Waals surface area contributed by atoms with Crippen LogP contribution in [0.1, 0.15) is 35.3 Å². The topological polar surface area (TPSA) is 55.4 Å². The lowest BCUT2D eigenvalue weighted by Gasteiger charge is -2.17. The quantitative estimate of drug-likeness (QED) is 0.765. The number of ether oxygens (including phenoxy) is 1. The first-order valence-corrected chi connectivity index (χ1v) is 8.57. The first-order chi connectivity index (χ1) is 11.4. The summed E-state index contributed by atoms with van der Waals surface area (Å²) in [7, 11) is 0. The third kappa shape index (κ3) is 4.45. The van der Waals surface area contributed by atoms with Crippen LogP contribution in [0.2, 0.25) is 0 Å². The standard InChI is InChI=1S/C19H20BrNO3/c1-4-14-7-5-6-12(2)17(14)21-18(22)13(3)24-19(23)15-8-10-16(20)11-9-15/h5-11,13H,4H2,1-3H3,(H,21,22). The van der Waals surface area contributed by atoms with Gasteiger partial charge in [-0.1, -0.05) is 41.1 Å². The Morgan fingerprint density at radius 3 is 2.46 bits per heavy atom. The van der Waals surface area contributed by atoms with Crippen molar-refractivity contribution in [3.63, 3.8) is 0 Å². The average Bonchev–Trinajstić information content (AvgIpc) is 2.57. The molecule has 0 saturated carbocycles. The number of halogens is 1. The number of amides is 1. The summed E-state index contributed by atoms with van der Waals surface area (Å²) in [5.74, 6) is -0.866. The number of rotatable bonds is 5. The van der Waals surface area contributed by atoms with Crippen LogP contribution < -0.4 is 5.32 Å². The molecule has 0 aromatic heterocycles. The lowest BCUT2D eigenvalue weighted by molar-refractivity contribution is -0.123. The first kappa shape index (κ1) is 18.2. The van der Waals surface area contributed by atoms with Gasteiger partial charge in [0.2, 0.25) is 0 Å². The molecule has 0 aliphatic heterocycles. The molecule has 0 aliphatic rings. The van der Waals surface area contributed by atoms with Gasteiger partial charge in [0.05, 0.1) is 5.56 Å². The second-order valence-corrected chi connectivity index (χ2v) is 6.42. The van der Waals surface area contributed by atoms with E-state index >= 15 is 0 Å². The summed E-state index contributed by atoms with van der Waals surface area (Å²) in [5, 5.41) is 2.87. The van der Waals surface area contributed by atoms with E-state index < -0.39 is 12.1 Å². The molecule has 0 aliphatic carbocycles. The number of anilines is 1. The van der Waals surface area contributed by atoms with E-state index in [0.717, 1.165) is 27.7 Å². The molecule has 0 fully saturated rings. The second kappa shape index (κ2) is 8.11. The van der Waals surface area contributed by atoms with Crippen molar-refractivity contribution < 1.29 is 14.3 Å². The summed E-state index contributed by atoms with van der Waals surface area (Å²) in [6.45, 7) is 5.53. The molecule has 1 N–H and O–H groups in total. The van der Waals surface area contributed by atoms with Crippen LogP contribution >= 0.6 is 15.9 Å². The van der Waals surface area contributed by atoms with Crippen LogP contribution in [-0.4, -0.2) is 18.0 Å². The van der Waals surface area contributed by atoms with Gasteiger partial charge in [-0.2, -0.15) is 0 Å². The molecule has 1 amide bonds. The van der Waals surface area contributed by atoms with Crippen LogP contribution in [0.3, 0.4) is 0 Å². The SMILES string of the molecule is CCc1cccc(C)c1NC(=O)C(C)OC(=O)c1ccc(Br)cc1. The molecule has 5 heteroatoms. The van der Waals surface area contributed by atoms with Crippen molar-refractivity contribution in [3.05, 3.63) is 63.6 Å². The van der Waals surface area contributed by atoms with Gasteiger partial charge in [0.15, 0.2) is 6.10 Å². The molecule has 24 heavy (non-hydrogen) atoms. The van der Waals surface area contributed by atoms with Crippen molar-refractivity contribution in [2.24, 2.45) is 0 Å². The van der Waals surface area contributed by atoms with Crippen molar-refractivity contribution >= 4 is 33.5 Å². The number of hydrogen-bond donors (Lipinski definition) is 1. The smallest absolute Gasteiger partial charge is 0.338 e. The highest BCUT2D eigenvalue weighted by Crippen LogP contribution is 2.21. The Morgan fingerprint density at radius 1 is 1.17 bits per heavy atom. The predicted octanol–water partition coefficient (Wildman–Crippen LogP) is 4.50. The second-order valence-electron chi connectivity index (χ2n) is 5.51. The van der Waals surface area contributed by atoms with Gasteiger partial charge in [-0.05, 0) is 55.7 Å². The zero-order valence-corrected chi connectivity index (χ0v) is 15.5. The van der Waals surface area contributed by atoms with Crippen molar-refractivity contribution in [1.82, 2.24) is 0 Å². The highest BCUT2D eigenvalue weighted by atomic mass is 79.9. The molecular formula is C19H20BrNO3. The molecule has 0 bridgehead atoms. The Morgan fingerprint density at radius 2 is 1.83 bits per heavy atom. The average molecular weight is 390 g/mol. The number of esters is 1. The highest BCUT2D eigenvalue weighted by Gasteiger charge is 2.20. The van der Waals surface area contributed by atoms with Gasteiger partial charge in [-0.25, -0.2) is 4.79 Å². The van der Waals surface area contributed by atoms with Gasteiger partial charge in [-0.15, -0.1) is 0 Å². The van der Waals surface area contributed by atoms with Gasteiger partial charge in [-0.3, -0.25) is 4.79 Å². The lowest BCUT2D eigenvalue weighted by atomic mass is 10.1. The Balaban J connectivity index is 2.05. The summed E-state index contributed by atoms with van der Waals surface area (Å²) in [6.07, 6.45) is -0.0740. The molecule has 126 valence electrons. The fourth-order valence-electron chi connectivity index (χ4n) is 2.29. The fraction of sp³-hybridized carbons (Fsp3) is 0.263. The first-order valence-electron chi connectivity index (χ1n) is 7.78. The van der Waals surface area contributed by atoms with E-state index in [4.69, 9.17) is 4.74 Å². The highest BCUT2D eigenvalue weighted by molar-refractivity contribution is 9.10. The molecule has 1 atom stereocenters. The van der Waals surface area contributed by atoms with Gasteiger partial charge in [0, 0.05) is 10.2 Å². The molecule has 0 radical (unpaired) electrons. The minimum atomic E-state index is -0.884. The molecular weight excluding hydrogens is 370 g/mol. The van der Waals surface area contributed by atoms with E-state index in [9.17, 15) is 9.59 Å². The third-order valence-corrected chi connectivity index (χ3v) is 4.25. The summed E-state index contributed by atoms with van der Waals surface area (Å²) in [4.78, 5) is 24.5. The van der Waals surface area contributed by atoms with Crippen LogP contribution in [0.25, 0.3) is 0 Å².